The van der Waals surface area contributed by atoms with Gasteiger partial charge >= 0.3 is 5.69 Å². The number of hydrogen-bond donors (Lipinski definition) is 6. The summed E-state index contributed by atoms with van der Waals surface area (Å²) in [5, 5.41) is 30.4. The molecule has 1 aromatic carbocycles. The van der Waals surface area contributed by atoms with Crippen molar-refractivity contribution in [1.29, 1.82) is 0 Å². The van der Waals surface area contributed by atoms with E-state index in [0.29, 0.717) is 0 Å². The molecule has 0 radical (unpaired) electrons. The van der Waals surface area contributed by atoms with Crippen molar-refractivity contribution >= 4 is 17.9 Å². The molecule has 0 bridgehead atoms. The summed E-state index contributed by atoms with van der Waals surface area (Å²) in [6.45, 7) is 1.45. The zero-order valence-corrected chi connectivity index (χ0v) is 12.4. The van der Waals surface area contributed by atoms with Crippen molar-refractivity contribution in [2.45, 2.75) is 13.0 Å². The lowest BCUT2D eigenvalue weighted by molar-refractivity contribution is -0.121. The second-order valence-corrected chi connectivity index (χ2v) is 4.70. The van der Waals surface area contributed by atoms with Gasteiger partial charge in [-0.05, 0) is 19.1 Å². The average Bonchev–Trinajstić information content (AvgIpc) is 2.52. The van der Waals surface area contributed by atoms with E-state index in [-0.39, 0.29) is 22.9 Å². The van der Waals surface area contributed by atoms with Gasteiger partial charge in [-0.25, -0.2) is 15.3 Å². The lowest BCUT2D eigenvalue weighted by Gasteiger charge is -2.11. The molecule has 0 fully saturated rings. The third-order valence-electron chi connectivity index (χ3n) is 2.85. The molecule has 0 aliphatic rings. The Morgan fingerprint density at radius 3 is 2.79 bits per heavy atom. The highest BCUT2D eigenvalue weighted by Gasteiger charge is 2.14. The molecular weight excluding hydrogens is 320 g/mol. The van der Waals surface area contributed by atoms with E-state index in [9.17, 15) is 19.5 Å². The van der Waals surface area contributed by atoms with Crippen molar-refractivity contribution in [3.8, 4) is 11.5 Å². The normalized spacial score (nSPS) is 12.0. The number of amides is 1. The molecule has 2 aromatic rings. The van der Waals surface area contributed by atoms with Gasteiger partial charge in [0.1, 0.15) is 17.5 Å². The van der Waals surface area contributed by atoms with E-state index in [0.717, 1.165) is 6.07 Å². The van der Waals surface area contributed by atoms with Crippen LogP contribution in [-0.2, 0) is 4.79 Å². The number of benzene rings is 1. The van der Waals surface area contributed by atoms with Crippen LogP contribution in [0.25, 0.3) is 0 Å². The molecule has 6 N–H and O–H groups in total. The minimum Gasteiger partial charge on any atom is -0.508 e. The van der Waals surface area contributed by atoms with Crippen LogP contribution in [0.15, 0.2) is 32.9 Å². The predicted octanol–water partition coefficient (Wildman–Crippen LogP) is -1.18. The minimum atomic E-state index is -0.880. The topological polar surface area (TPSA) is 173 Å². The molecule has 0 aliphatic carbocycles. The predicted molar refractivity (Wildman–Crippen MR) is 84.1 cm³/mol. The zero-order valence-electron chi connectivity index (χ0n) is 12.4. The molecule has 1 unspecified atom stereocenters. The SMILES string of the molecule is CC(Nc1n[nH]c(=O)[nH]c1=O)C(=O)N/N=C/c1ccc(O)cc1O. The molecule has 1 heterocycles. The summed E-state index contributed by atoms with van der Waals surface area (Å²) in [5.41, 5.74) is 0.960. The maximum Gasteiger partial charge on any atom is 0.342 e. The van der Waals surface area contributed by atoms with Gasteiger partial charge in [-0.1, -0.05) is 0 Å². The molecule has 0 aliphatic heterocycles. The molecule has 1 amide bonds. The van der Waals surface area contributed by atoms with E-state index in [1.165, 1.54) is 25.3 Å². The molecule has 0 spiro atoms. The largest absolute Gasteiger partial charge is 0.508 e. The van der Waals surface area contributed by atoms with E-state index in [4.69, 9.17) is 5.11 Å². The lowest BCUT2D eigenvalue weighted by Crippen LogP contribution is -2.38. The number of rotatable bonds is 5. The van der Waals surface area contributed by atoms with Crippen LogP contribution in [0.2, 0.25) is 0 Å². The summed E-state index contributed by atoms with van der Waals surface area (Å²) in [6.07, 6.45) is 1.18. The Kier molecular flexibility index (Phi) is 4.94. The summed E-state index contributed by atoms with van der Waals surface area (Å²) >= 11 is 0. The van der Waals surface area contributed by atoms with Gasteiger partial charge in [-0.15, -0.1) is 5.10 Å². The number of hydrogen-bond acceptors (Lipinski definition) is 8. The van der Waals surface area contributed by atoms with Crippen LogP contribution >= 0.6 is 0 Å². The summed E-state index contributed by atoms with van der Waals surface area (Å²) in [4.78, 5) is 36.1. The Balaban J connectivity index is 1.97. The molecule has 1 atom stereocenters. The Hall–Kier alpha value is -3.63. The third-order valence-corrected chi connectivity index (χ3v) is 2.85. The number of phenols is 2. The van der Waals surface area contributed by atoms with Crippen molar-refractivity contribution in [2.75, 3.05) is 5.32 Å². The number of nitrogens with zero attached hydrogens (tertiary/aromatic N) is 2. The third kappa shape index (κ3) is 4.19. The van der Waals surface area contributed by atoms with Crippen molar-refractivity contribution in [2.24, 2.45) is 5.10 Å². The number of H-pyrrole nitrogens is 2. The summed E-state index contributed by atoms with van der Waals surface area (Å²) in [7, 11) is 0. The molecule has 11 nitrogen and oxygen atoms in total. The van der Waals surface area contributed by atoms with Crippen LogP contribution in [0.4, 0.5) is 5.82 Å². The second-order valence-electron chi connectivity index (χ2n) is 4.70. The first-order valence-corrected chi connectivity index (χ1v) is 6.67. The maximum atomic E-state index is 11.9. The standard InChI is InChI=1S/C13H14N6O5/c1-6(15-10-12(23)16-13(24)19-17-10)11(22)18-14-5-7-2-3-8(20)4-9(7)21/h2-6,20-21H,1H3,(H,15,17)(H,18,22)(H2,16,19,23,24)/b14-5+. The molecule has 2 rings (SSSR count). The van der Waals surface area contributed by atoms with Gasteiger partial charge in [0.05, 0.1) is 6.21 Å². The number of phenolic OH excluding ortho intramolecular Hbond substituents is 2. The van der Waals surface area contributed by atoms with Crippen molar-refractivity contribution < 1.29 is 15.0 Å². The van der Waals surface area contributed by atoms with Gasteiger partial charge in [0.2, 0.25) is 5.82 Å². The monoisotopic (exact) mass is 334 g/mol. The van der Waals surface area contributed by atoms with Crippen LogP contribution in [-0.4, -0.2) is 43.6 Å². The van der Waals surface area contributed by atoms with Gasteiger partial charge in [0.25, 0.3) is 11.5 Å². The lowest BCUT2D eigenvalue weighted by atomic mass is 10.2. The van der Waals surface area contributed by atoms with Crippen LogP contribution in [0.1, 0.15) is 12.5 Å². The average molecular weight is 334 g/mol. The second kappa shape index (κ2) is 7.09. The number of carbonyl (C=O) groups excluding carboxylic acids is 1. The maximum absolute atomic E-state index is 11.9. The fraction of sp³-hybridized carbons (Fsp3) is 0.154. The van der Waals surface area contributed by atoms with E-state index in [1.807, 2.05) is 10.1 Å². The summed E-state index contributed by atoms with van der Waals surface area (Å²) in [5.74, 6) is -1.12. The highest BCUT2D eigenvalue weighted by atomic mass is 16.3. The number of nitrogens with one attached hydrogen (secondary N) is 4. The first-order chi connectivity index (χ1) is 11.4. The van der Waals surface area contributed by atoms with E-state index in [2.05, 4.69) is 20.9 Å². The Labute approximate surface area is 134 Å². The fourth-order valence-corrected chi connectivity index (χ4v) is 1.62. The Morgan fingerprint density at radius 2 is 2.12 bits per heavy atom. The van der Waals surface area contributed by atoms with Crippen molar-refractivity contribution in [3.05, 3.63) is 44.6 Å². The van der Waals surface area contributed by atoms with Gasteiger partial charge in [-0.2, -0.15) is 5.10 Å². The molecule has 0 saturated heterocycles. The number of aromatic nitrogens is 3. The minimum absolute atomic E-state index is 0.106. The zero-order chi connectivity index (χ0) is 17.7. The Bertz CT molecular complexity index is 887. The Morgan fingerprint density at radius 1 is 1.38 bits per heavy atom. The van der Waals surface area contributed by atoms with Crippen LogP contribution in [0.5, 0.6) is 11.5 Å². The summed E-state index contributed by atoms with van der Waals surface area (Å²) < 4.78 is 0. The van der Waals surface area contributed by atoms with Gasteiger partial charge in [0.15, 0.2) is 0 Å². The molecule has 1 aromatic heterocycles. The van der Waals surface area contributed by atoms with Crippen LogP contribution < -0.4 is 22.0 Å². The number of aromatic amines is 2. The quantitative estimate of drug-likeness (QED) is 0.295. The van der Waals surface area contributed by atoms with Crippen LogP contribution in [0, 0.1) is 0 Å². The number of aromatic hydroxyl groups is 2. The van der Waals surface area contributed by atoms with Crippen molar-refractivity contribution in [3.63, 3.8) is 0 Å². The number of anilines is 1. The molecular formula is C13H14N6O5. The van der Waals surface area contributed by atoms with Gasteiger partial charge in [-0.3, -0.25) is 14.6 Å². The van der Waals surface area contributed by atoms with E-state index >= 15 is 0 Å². The first-order valence-electron chi connectivity index (χ1n) is 6.67. The highest BCUT2D eigenvalue weighted by Crippen LogP contribution is 2.20. The smallest absolute Gasteiger partial charge is 0.342 e. The van der Waals surface area contributed by atoms with Crippen LogP contribution in [0.3, 0.4) is 0 Å². The highest BCUT2D eigenvalue weighted by molar-refractivity contribution is 5.87. The van der Waals surface area contributed by atoms with E-state index in [1.54, 1.807) is 0 Å². The molecule has 126 valence electrons. The molecule has 11 heteroatoms. The fourth-order valence-electron chi connectivity index (χ4n) is 1.62. The molecule has 0 saturated carbocycles. The number of hydrazone groups is 1. The number of carbonyl (C=O) groups is 1. The summed E-state index contributed by atoms with van der Waals surface area (Å²) in [6, 6.07) is 3.00. The van der Waals surface area contributed by atoms with Gasteiger partial charge in [0, 0.05) is 11.6 Å². The van der Waals surface area contributed by atoms with Gasteiger partial charge < -0.3 is 15.5 Å². The van der Waals surface area contributed by atoms with Crippen molar-refractivity contribution in [1.82, 2.24) is 20.6 Å². The molecule has 24 heavy (non-hydrogen) atoms. The first kappa shape index (κ1) is 16.7. The van der Waals surface area contributed by atoms with E-state index < -0.39 is 23.2 Å².